The highest BCUT2D eigenvalue weighted by Crippen LogP contribution is 2.25. The topological polar surface area (TPSA) is 23.8 Å². The van der Waals surface area contributed by atoms with Crippen molar-refractivity contribution in [1.82, 2.24) is 0 Å². The monoisotopic (exact) mass is 167 g/mol. The quantitative estimate of drug-likeness (QED) is 0.631. The van der Waals surface area contributed by atoms with Crippen LogP contribution in [0.1, 0.15) is 17.0 Å². The minimum atomic E-state index is 0.288. The summed E-state index contributed by atoms with van der Waals surface area (Å²) in [6.45, 7) is 0. The summed E-state index contributed by atoms with van der Waals surface area (Å²) in [5.74, 6) is 0.288. The average Bonchev–Trinajstić information content (AvgIpc) is 2.70. The molecule has 1 nitrogen and oxygen atoms in total. The number of benzene rings is 1. The molecule has 1 aliphatic carbocycles. The van der Waals surface area contributed by atoms with Gasteiger partial charge in [-0.1, -0.05) is 42.5 Å². The van der Waals surface area contributed by atoms with E-state index < -0.39 is 0 Å². The Bertz CT molecular complexity index is 395. The molecule has 2 rings (SSSR count). The molecular formula is C12H9N. The predicted molar refractivity (Wildman–Crippen MR) is 52.2 cm³/mol. The Hall–Kier alpha value is -1.81. The van der Waals surface area contributed by atoms with Gasteiger partial charge >= 0.3 is 0 Å². The van der Waals surface area contributed by atoms with Crippen LogP contribution in [0.3, 0.4) is 0 Å². The standard InChI is InChI=1S/C12H9N/c13-9-11-7-3-4-8-12(11)10-5-1-2-6-10/h1-8,10H. The van der Waals surface area contributed by atoms with Gasteiger partial charge in [-0.25, -0.2) is 0 Å². The highest BCUT2D eigenvalue weighted by atomic mass is 14.3. The smallest absolute Gasteiger partial charge is 0.0994 e. The fourth-order valence-electron chi connectivity index (χ4n) is 1.53. The molecule has 0 saturated heterocycles. The highest BCUT2D eigenvalue weighted by Gasteiger charge is 2.10. The second-order valence-electron chi connectivity index (χ2n) is 2.99. The zero-order valence-corrected chi connectivity index (χ0v) is 7.14. The molecule has 0 aromatic heterocycles. The molecule has 1 aromatic carbocycles. The molecule has 0 atom stereocenters. The molecule has 1 heteroatoms. The van der Waals surface area contributed by atoms with Crippen molar-refractivity contribution in [3.63, 3.8) is 0 Å². The average molecular weight is 167 g/mol. The van der Waals surface area contributed by atoms with Crippen molar-refractivity contribution in [1.29, 1.82) is 5.26 Å². The lowest BCUT2D eigenvalue weighted by atomic mass is 9.96. The third-order valence-corrected chi connectivity index (χ3v) is 2.19. The molecule has 0 amide bonds. The van der Waals surface area contributed by atoms with Crippen molar-refractivity contribution in [3.05, 3.63) is 59.7 Å². The largest absolute Gasteiger partial charge is 0.192 e. The molecule has 62 valence electrons. The van der Waals surface area contributed by atoms with Gasteiger partial charge in [0.15, 0.2) is 0 Å². The normalized spacial score (nSPS) is 14.7. The Morgan fingerprint density at radius 2 is 1.77 bits per heavy atom. The minimum absolute atomic E-state index is 0.288. The first-order valence-corrected chi connectivity index (χ1v) is 4.26. The Kier molecular flexibility index (Phi) is 1.97. The maximum atomic E-state index is 8.88. The van der Waals surface area contributed by atoms with Crippen LogP contribution < -0.4 is 0 Å². The molecule has 0 spiro atoms. The summed E-state index contributed by atoms with van der Waals surface area (Å²) in [5.41, 5.74) is 1.86. The highest BCUT2D eigenvalue weighted by molar-refractivity contribution is 5.45. The fourth-order valence-corrected chi connectivity index (χ4v) is 1.53. The van der Waals surface area contributed by atoms with Crippen LogP contribution in [0.2, 0.25) is 0 Å². The molecule has 0 saturated carbocycles. The predicted octanol–water partition coefficient (Wildman–Crippen LogP) is 2.77. The number of rotatable bonds is 1. The molecule has 1 aromatic rings. The van der Waals surface area contributed by atoms with Crippen LogP contribution in [0.25, 0.3) is 0 Å². The van der Waals surface area contributed by atoms with Crippen molar-refractivity contribution in [3.8, 4) is 6.07 Å². The zero-order valence-electron chi connectivity index (χ0n) is 7.14. The first-order chi connectivity index (χ1) is 6.42. The van der Waals surface area contributed by atoms with Crippen molar-refractivity contribution in [2.24, 2.45) is 0 Å². The van der Waals surface area contributed by atoms with E-state index >= 15 is 0 Å². The van der Waals surface area contributed by atoms with Crippen LogP contribution in [-0.2, 0) is 0 Å². The maximum absolute atomic E-state index is 8.88. The van der Waals surface area contributed by atoms with E-state index in [2.05, 4.69) is 18.2 Å². The Morgan fingerprint density at radius 3 is 2.46 bits per heavy atom. The minimum Gasteiger partial charge on any atom is -0.192 e. The van der Waals surface area contributed by atoms with Gasteiger partial charge in [-0.15, -0.1) is 0 Å². The van der Waals surface area contributed by atoms with Gasteiger partial charge in [0, 0.05) is 5.92 Å². The van der Waals surface area contributed by atoms with Gasteiger partial charge in [0.2, 0.25) is 0 Å². The van der Waals surface area contributed by atoms with Gasteiger partial charge in [-0.05, 0) is 11.6 Å². The molecular weight excluding hydrogens is 158 g/mol. The third kappa shape index (κ3) is 1.39. The van der Waals surface area contributed by atoms with E-state index in [1.165, 1.54) is 0 Å². The van der Waals surface area contributed by atoms with Gasteiger partial charge in [-0.3, -0.25) is 0 Å². The Balaban J connectivity index is 2.45. The number of hydrogen-bond donors (Lipinski definition) is 0. The number of nitriles is 1. The van der Waals surface area contributed by atoms with E-state index in [4.69, 9.17) is 5.26 Å². The molecule has 0 fully saturated rings. The van der Waals surface area contributed by atoms with Gasteiger partial charge in [0.25, 0.3) is 0 Å². The van der Waals surface area contributed by atoms with E-state index in [0.29, 0.717) is 0 Å². The lowest BCUT2D eigenvalue weighted by molar-refractivity contribution is 1.09. The molecule has 0 aliphatic heterocycles. The third-order valence-electron chi connectivity index (χ3n) is 2.19. The SMILES string of the molecule is N#Cc1ccccc1C1C=CC=C1. The molecule has 13 heavy (non-hydrogen) atoms. The first kappa shape index (κ1) is 7.82. The zero-order chi connectivity index (χ0) is 9.10. The Morgan fingerprint density at radius 1 is 1.08 bits per heavy atom. The lowest BCUT2D eigenvalue weighted by Gasteiger charge is -2.06. The second kappa shape index (κ2) is 3.28. The van der Waals surface area contributed by atoms with E-state index in [-0.39, 0.29) is 5.92 Å². The van der Waals surface area contributed by atoms with E-state index in [1.807, 2.05) is 36.4 Å². The summed E-state index contributed by atoms with van der Waals surface area (Å²) >= 11 is 0. The second-order valence-corrected chi connectivity index (χ2v) is 2.99. The lowest BCUT2D eigenvalue weighted by Crippen LogP contribution is -1.92. The van der Waals surface area contributed by atoms with E-state index in [1.54, 1.807) is 0 Å². The van der Waals surface area contributed by atoms with Crippen LogP contribution in [0.4, 0.5) is 0 Å². The van der Waals surface area contributed by atoms with E-state index in [9.17, 15) is 0 Å². The summed E-state index contributed by atoms with van der Waals surface area (Å²) in [4.78, 5) is 0. The van der Waals surface area contributed by atoms with Crippen LogP contribution in [0.15, 0.2) is 48.6 Å². The van der Waals surface area contributed by atoms with Crippen LogP contribution in [-0.4, -0.2) is 0 Å². The number of nitrogens with zero attached hydrogens (tertiary/aromatic N) is 1. The van der Waals surface area contributed by atoms with Gasteiger partial charge in [0.1, 0.15) is 0 Å². The summed E-state index contributed by atoms with van der Waals surface area (Å²) in [6.07, 6.45) is 8.21. The maximum Gasteiger partial charge on any atom is 0.0994 e. The van der Waals surface area contributed by atoms with Gasteiger partial charge in [0.05, 0.1) is 11.6 Å². The van der Waals surface area contributed by atoms with Crippen LogP contribution in [0.5, 0.6) is 0 Å². The van der Waals surface area contributed by atoms with Crippen molar-refractivity contribution in [2.45, 2.75) is 5.92 Å². The molecule has 0 N–H and O–H groups in total. The Labute approximate surface area is 77.6 Å². The molecule has 0 radical (unpaired) electrons. The van der Waals surface area contributed by atoms with Crippen molar-refractivity contribution < 1.29 is 0 Å². The molecule has 0 unspecified atom stereocenters. The molecule has 1 aliphatic rings. The van der Waals surface area contributed by atoms with Crippen molar-refractivity contribution in [2.75, 3.05) is 0 Å². The fraction of sp³-hybridized carbons (Fsp3) is 0.0833. The summed E-state index contributed by atoms with van der Waals surface area (Å²) in [6, 6.07) is 9.93. The van der Waals surface area contributed by atoms with Gasteiger partial charge < -0.3 is 0 Å². The summed E-state index contributed by atoms with van der Waals surface area (Å²) < 4.78 is 0. The number of hydrogen-bond acceptors (Lipinski definition) is 1. The molecule has 0 heterocycles. The molecule has 0 bridgehead atoms. The first-order valence-electron chi connectivity index (χ1n) is 4.26. The van der Waals surface area contributed by atoms with E-state index in [0.717, 1.165) is 11.1 Å². The van der Waals surface area contributed by atoms with Gasteiger partial charge in [-0.2, -0.15) is 5.26 Å². The summed E-state index contributed by atoms with van der Waals surface area (Å²) in [5, 5.41) is 8.88. The van der Waals surface area contributed by atoms with Crippen LogP contribution >= 0.6 is 0 Å². The number of allylic oxidation sites excluding steroid dienone is 4. The summed E-state index contributed by atoms with van der Waals surface area (Å²) in [7, 11) is 0. The van der Waals surface area contributed by atoms with Crippen LogP contribution in [0, 0.1) is 11.3 Å². The van der Waals surface area contributed by atoms with Crippen molar-refractivity contribution >= 4 is 0 Å².